The van der Waals surface area contributed by atoms with E-state index in [1.165, 1.54) is 77.0 Å². The first-order chi connectivity index (χ1) is 12.9. The molecule has 3 heteroatoms. The van der Waals surface area contributed by atoms with Crippen LogP contribution in [0.1, 0.15) is 96.3 Å². The topological polar surface area (TPSA) is 38.9 Å². The lowest BCUT2D eigenvalue weighted by Gasteiger charge is -2.02. The van der Waals surface area contributed by atoms with Crippen molar-refractivity contribution in [3.05, 3.63) is 36.2 Å². The van der Waals surface area contributed by atoms with Gasteiger partial charge in [-0.3, -0.25) is 0 Å². The van der Waals surface area contributed by atoms with Gasteiger partial charge >= 0.3 is 0 Å². The molecule has 2 rings (SSSR count). The molecule has 0 saturated heterocycles. The summed E-state index contributed by atoms with van der Waals surface area (Å²) in [6.45, 7) is 2.28. The number of rotatable bonds is 15. The molecule has 144 valence electrons. The molecule has 0 aliphatic rings. The Hall–Kier alpha value is -1.64. The van der Waals surface area contributed by atoms with Crippen molar-refractivity contribution in [1.82, 2.24) is 10.2 Å². The molecule has 1 aromatic heterocycles. The van der Waals surface area contributed by atoms with E-state index in [0.29, 0.717) is 5.89 Å². The van der Waals surface area contributed by atoms with Gasteiger partial charge in [0.15, 0.2) is 0 Å². The van der Waals surface area contributed by atoms with Gasteiger partial charge in [0.2, 0.25) is 11.8 Å². The smallest absolute Gasteiger partial charge is 0.247 e. The molecule has 0 radical (unpaired) electrons. The zero-order chi connectivity index (χ0) is 18.3. The van der Waals surface area contributed by atoms with Crippen LogP contribution in [0.25, 0.3) is 11.5 Å². The first-order valence-electron chi connectivity index (χ1n) is 10.8. The summed E-state index contributed by atoms with van der Waals surface area (Å²) < 4.78 is 5.75. The number of aromatic nitrogens is 2. The van der Waals surface area contributed by atoms with E-state index in [9.17, 15) is 0 Å². The Kier molecular flexibility index (Phi) is 10.8. The van der Waals surface area contributed by atoms with E-state index in [2.05, 4.69) is 17.1 Å². The predicted octanol–water partition coefficient (Wildman–Crippen LogP) is 7.37. The van der Waals surface area contributed by atoms with Gasteiger partial charge in [-0.05, 0) is 18.6 Å². The molecule has 0 aliphatic carbocycles. The van der Waals surface area contributed by atoms with Crippen LogP contribution in [0, 0.1) is 0 Å². The fourth-order valence-corrected chi connectivity index (χ4v) is 3.35. The van der Waals surface area contributed by atoms with Gasteiger partial charge in [-0.2, -0.15) is 0 Å². The van der Waals surface area contributed by atoms with Gasteiger partial charge in [-0.1, -0.05) is 102 Å². The van der Waals surface area contributed by atoms with Crippen LogP contribution in [-0.2, 0) is 6.42 Å². The molecule has 0 saturated carbocycles. The highest BCUT2D eigenvalue weighted by Gasteiger charge is 2.07. The van der Waals surface area contributed by atoms with Crippen LogP contribution in [0.15, 0.2) is 34.7 Å². The van der Waals surface area contributed by atoms with Crippen molar-refractivity contribution >= 4 is 0 Å². The van der Waals surface area contributed by atoms with E-state index >= 15 is 0 Å². The van der Waals surface area contributed by atoms with Gasteiger partial charge in [0.05, 0.1) is 0 Å². The molecule has 0 amide bonds. The van der Waals surface area contributed by atoms with Crippen LogP contribution >= 0.6 is 0 Å². The lowest BCUT2D eigenvalue weighted by molar-refractivity contribution is 0.484. The normalized spacial score (nSPS) is 11.1. The van der Waals surface area contributed by atoms with E-state index in [1.54, 1.807) is 0 Å². The second-order valence-corrected chi connectivity index (χ2v) is 7.36. The summed E-state index contributed by atoms with van der Waals surface area (Å²) in [5.41, 5.74) is 0.997. The molecule has 26 heavy (non-hydrogen) atoms. The zero-order valence-corrected chi connectivity index (χ0v) is 16.6. The van der Waals surface area contributed by atoms with Crippen molar-refractivity contribution in [2.45, 2.75) is 96.8 Å². The van der Waals surface area contributed by atoms with Gasteiger partial charge in [0.1, 0.15) is 0 Å². The third-order valence-electron chi connectivity index (χ3n) is 4.98. The minimum absolute atomic E-state index is 0.635. The summed E-state index contributed by atoms with van der Waals surface area (Å²) in [6, 6.07) is 9.98. The lowest BCUT2D eigenvalue weighted by atomic mass is 10.0. The van der Waals surface area contributed by atoms with Crippen molar-refractivity contribution in [3.8, 4) is 11.5 Å². The number of nitrogens with zero attached hydrogens (tertiary/aromatic N) is 2. The van der Waals surface area contributed by atoms with E-state index in [0.717, 1.165) is 24.3 Å². The molecule has 0 aliphatic heterocycles. The predicted molar refractivity (Wildman–Crippen MR) is 109 cm³/mol. The van der Waals surface area contributed by atoms with Crippen LogP contribution in [0.2, 0.25) is 0 Å². The van der Waals surface area contributed by atoms with E-state index in [-0.39, 0.29) is 0 Å². The Morgan fingerprint density at radius 1 is 0.654 bits per heavy atom. The van der Waals surface area contributed by atoms with Gasteiger partial charge in [-0.15, -0.1) is 10.2 Å². The molecule has 1 aromatic carbocycles. The molecular weight excluding hydrogens is 320 g/mol. The van der Waals surface area contributed by atoms with Gasteiger partial charge in [-0.25, -0.2) is 0 Å². The molecule has 0 fully saturated rings. The summed E-state index contributed by atoms with van der Waals surface area (Å²) in [6.07, 6.45) is 18.8. The van der Waals surface area contributed by atoms with E-state index in [4.69, 9.17) is 4.42 Å². The molecule has 0 unspecified atom stereocenters. The highest BCUT2D eigenvalue weighted by Crippen LogP contribution is 2.18. The van der Waals surface area contributed by atoms with E-state index in [1.807, 2.05) is 30.3 Å². The summed E-state index contributed by atoms with van der Waals surface area (Å²) >= 11 is 0. The fraction of sp³-hybridized carbons (Fsp3) is 0.652. The SMILES string of the molecule is CCCCCCCCCCCCCCCc1nnc(-c2ccccc2)o1. The van der Waals surface area contributed by atoms with Crippen LogP contribution in [-0.4, -0.2) is 10.2 Å². The Morgan fingerprint density at radius 3 is 1.77 bits per heavy atom. The van der Waals surface area contributed by atoms with Crippen molar-refractivity contribution in [2.24, 2.45) is 0 Å². The van der Waals surface area contributed by atoms with Crippen LogP contribution in [0.5, 0.6) is 0 Å². The van der Waals surface area contributed by atoms with E-state index < -0.39 is 0 Å². The second kappa shape index (κ2) is 13.5. The van der Waals surface area contributed by atoms with Crippen LogP contribution < -0.4 is 0 Å². The maximum Gasteiger partial charge on any atom is 0.247 e. The zero-order valence-electron chi connectivity index (χ0n) is 16.6. The first-order valence-corrected chi connectivity index (χ1v) is 10.8. The average Bonchev–Trinajstić information content (AvgIpc) is 3.15. The molecule has 0 bridgehead atoms. The van der Waals surface area contributed by atoms with Gasteiger partial charge in [0, 0.05) is 12.0 Å². The third kappa shape index (κ3) is 8.64. The Labute approximate surface area is 159 Å². The lowest BCUT2D eigenvalue weighted by Crippen LogP contribution is -1.87. The maximum absolute atomic E-state index is 5.75. The molecule has 2 aromatic rings. The summed E-state index contributed by atoms with van der Waals surface area (Å²) in [7, 11) is 0. The molecule has 3 nitrogen and oxygen atoms in total. The van der Waals surface area contributed by atoms with Crippen molar-refractivity contribution in [1.29, 1.82) is 0 Å². The van der Waals surface area contributed by atoms with Gasteiger partial charge in [0.25, 0.3) is 0 Å². The average molecular weight is 357 g/mol. The molecule has 1 heterocycles. The number of benzene rings is 1. The minimum Gasteiger partial charge on any atom is -0.421 e. The maximum atomic E-state index is 5.75. The number of hydrogen-bond acceptors (Lipinski definition) is 3. The molecular formula is C23H36N2O. The van der Waals surface area contributed by atoms with Crippen LogP contribution in [0.4, 0.5) is 0 Å². The fourth-order valence-electron chi connectivity index (χ4n) is 3.35. The molecule has 0 spiro atoms. The van der Waals surface area contributed by atoms with Crippen LogP contribution in [0.3, 0.4) is 0 Å². The largest absolute Gasteiger partial charge is 0.421 e. The quantitative estimate of drug-likeness (QED) is 0.313. The number of hydrogen-bond donors (Lipinski definition) is 0. The van der Waals surface area contributed by atoms with Crippen molar-refractivity contribution < 1.29 is 4.42 Å². The first kappa shape index (κ1) is 20.7. The Morgan fingerprint density at radius 2 is 1.19 bits per heavy atom. The van der Waals surface area contributed by atoms with Gasteiger partial charge < -0.3 is 4.42 Å². The van der Waals surface area contributed by atoms with Crippen molar-refractivity contribution in [3.63, 3.8) is 0 Å². The molecule has 0 N–H and O–H groups in total. The highest BCUT2D eigenvalue weighted by atomic mass is 16.4. The third-order valence-corrected chi connectivity index (χ3v) is 4.98. The molecule has 0 atom stereocenters. The number of unbranched alkanes of at least 4 members (excludes halogenated alkanes) is 12. The standard InChI is InChI=1S/C23H36N2O/c1-2-3-4-5-6-7-8-9-10-11-12-13-17-20-22-24-25-23(26-22)21-18-15-14-16-19-21/h14-16,18-19H,2-13,17,20H2,1H3. The number of aryl methyl sites for hydroxylation is 1. The summed E-state index contributed by atoms with van der Waals surface area (Å²) in [5, 5.41) is 8.32. The Bertz CT molecular complexity index is 565. The summed E-state index contributed by atoms with van der Waals surface area (Å²) in [4.78, 5) is 0. The summed E-state index contributed by atoms with van der Waals surface area (Å²) in [5.74, 6) is 1.40. The minimum atomic E-state index is 0.635. The second-order valence-electron chi connectivity index (χ2n) is 7.36. The monoisotopic (exact) mass is 356 g/mol. The van der Waals surface area contributed by atoms with Crippen molar-refractivity contribution in [2.75, 3.05) is 0 Å². The highest BCUT2D eigenvalue weighted by molar-refractivity contribution is 5.51. The Balaban J connectivity index is 1.42.